The first kappa shape index (κ1) is 15.6. The summed E-state index contributed by atoms with van der Waals surface area (Å²) < 4.78 is 5.69. The molecular weight excluding hydrogens is 270 g/mol. The van der Waals surface area contributed by atoms with E-state index in [4.69, 9.17) is 4.74 Å². The van der Waals surface area contributed by atoms with E-state index in [-0.39, 0.29) is 0 Å². The van der Waals surface area contributed by atoms with Gasteiger partial charge >= 0.3 is 0 Å². The van der Waals surface area contributed by atoms with Gasteiger partial charge in [-0.1, -0.05) is 20.8 Å². The van der Waals surface area contributed by atoms with Crippen LogP contribution < -0.4 is 5.32 Å². The lowest BCUT2D eigenvalue weighted by atomic mass is 10.1. The predicted molar refractivity (Wildman–Crippen MR) is 84.6 cm³/mol. The summed E-state index contributed by atoms with van der Waals surface area (Å²) in [5, 5.41) is 4.52. The van der Waals surface area contributed by atoms with Crippen molar-refractivity contribution in [3.05, 3.63) is 11.9 Å². The SMILES string of the molecule is CCCNc1ncnc(SCC2CCCO2)c1C(C)C. The number of thioether (sulfide) groups is 1. The number of ether oxygens (including phenoxy) is 1. The molecule has 0 amide bonds. The van der Waals surface area contributed by atoms with Crippen LogP contribution in [0.2, 0.25) is 0 Å². The first-order chi connectivity index (χ1) is 9.72. The maximum absolute atomic E-state index is 5.69. The maximum atomic E-state index is 5.69. The van der Waals surface area contributed by atoms with Crippen molar-refractivity contribution in [1.29, 1.82) is 0 Å². The highest BCUT2D eigenvalue weighted by Crippen LogP contribution is 2.32. The molecule has 4 nitrogen and oxygen atoms in total. The lowest BCUT2D eigenvalue weighted by Gasteiger charge is -2.17. The zero-order chi connectivity index (χ0) is 14.4. The third-order valence-corrected chi connectivity index (χ3v) is 4.53. The molecule has 5 heteroatoms. The Morgan fingerprint density at radius 2 is 2.30 bits per heavy atom. The standard InChI is InChI=1S/C15H25N3OS/c1-4-7-16-14-13(11(2)3)15(18-10-17-14)20-9-12-6-5-8-19-12/h10-12H,4-9H2,1-3H3,(H,16,17,18). The van der Waals surface area contributed by atoms with Crippen LogP contribution in [-0.4, -0.2) is 35.0 Å². The molecule has 2 heterocycles. The quantitative estimate of drug-likeness (QED) is 0.614. The van der Waals surface area contributed by atoms with Crippen molar-refractivity contribution in [2.45, 2.75) is 57.1 Å². The molecule has 0 aromatic carbocycles. The van der Waals surface area contributed by atoms with Gasteiger partial charge in [0.2, 0.25) is 0 Å². The number of hydrogen-bond donors (Lipinski definition) is 1. The van der Waals surface area contributed by atoms with Gasteiger partial charge in [-0.2, -0.15) is 0 Å². The monoisotopic (exact) mass is 295 g/mol. The minimum atomic E-state index is 0.391. The van der Waals surface area contributed by atoms with Crippen molar-refractivity contribution < 1.29 is 4.74 Å². The molecule has 1 aliphatic rings. The predicted octanol–water partition coefficient (Wildman–Crippen LogP) is 3.69. The van der Waals surface area contributed by atoms with Gasteiger partial charge in [0, 0.05) is 24.5 Å². The van der Waals surface area contributed by atoms with Crippen molar-refractivity contribution in [3.63, 3.8) is 0 Å². The van der Waals surface area contributed by atoms with E-state index in [0.29, 0.717) is 12.0 Å². The van der Waals surface area contributed by atoms with E-state index < -0.39 is 0 Å². The highest BCUT2D eigenvalue weighted by atomic mass is 32.2. The molecule has 1 aromatic heterocycles. The Morgan fingerprint density at radius 3 is 2.95 bits per heavy atom. The van der Waals surface area contributed by atoms with Crippen molar-refractivity contribution in [2.75, 3.05) is 24.2 Å². The Kier molecular flexibility index (Phi) is 6.10. The average molecular weight is 295 g/mol. The summed E-state index contributed by atoms with van der Waals surface area (Å²) in [5.41, 5.74) is 1.24. The molecule has 1 aliphatic heterocycles. The van der Waals surface area contributed by atoms with Crippen LogP contribution >= 0.6 is 11.8 Å². The lowest BCUT2D eigenvalue weighted by Crippen LogP contribution is -2.11. The minimum absolute atomic E-state index is 0.391. The maximum Gasteiger partial charge on any atom is 0.133 e. The van der Waals surface area contributed by atoms with Crippen molar-refractivity contribution >= 4 is 17.6 Å². The van der Waals surface area contributed by atoms with Crippen LogP contribution in [0.3, 0.4) is 0 Å². The third-order valence-electron chi connectivity index (χ3n) is 3.40. The van der Waals surface area contributed by atoms with Gasteiger partial charge in [0.1, 0.15) is 17.2 Å². The van der Waals surface area contributed by atoms with Gasteiger partial charge in [0.25, 0.3) is 0 Å². The van der Waals surface area contributed by atoms with E-state index in [9.17, 15) is 0 Å². The molecule has 1 fully saturated rings. The summed E-state index contributed by atoms with van der Waals surface area (Å²) >= 11 is 1.80. The van der Waals surface area contributed by atoms with Crippen LogP contribution in [0, 0.1) is 0 Å². The Balaban J connectivity index is 2.09. The second kappa shape index (κ2) is 7.84. The molecule has 1 N–H and O–H groups in total. The zero-order valence-corrected chi connectivity index (χ0v) is 13.5. The van der Waals surface area contributed by atoms with Crippen molar-refractivity contribution in [3.8, 4) is 0 Å². The number of nitrogens with zero attached hydrogens (tertiary/aromatic N) is 2. The van der Waals surface area contributed by atoms with Crippen LogP contribution in [0.15, 0.2) is 11.4 Å². The highest BCUT2D eigenvalue weighted by molar-refractivity contribution is 7.99. The molecule has 1 unspecified atom stereocenters. The molecule has 0 aliphatic carbocycles. The van der Waals surface area contributed by atoms with E-state index >= 15 is 0 Å². The van der Waals surface area contributed by atoms with E-state index in [1.807, 2.05) is 0 Å². The smallest absolute Gasteiger partial charge is 0.133 e. The largest absolute Gasteiger partial charge is 0.377 e. The van der Waals surface area contributed by atoms with Crippen LogP contribution in [0.5, 0.6) is 0 Å². The average Bonchev–Trinajstić information content (AvgIpc) is 2.95. The Labute approximate surface area is 126 Å². The van der Waals surface area contributed by atoms with E-state index in [0.717, 1.165) is 36.2 Å². The summed E-state index contributed by atoms with van der Waals surface area (Å²) in [6.45, 7) is 8.43. The number of hydrogen-bond acceptors (Lipinski definition) is 5. The Morgan fingerprint density at radius 1 is 1.45 bits per heavy atom. The topological polar surface area (TPSA) is 47.0 Å². The lowest BCUT2D eigenvalue weighted by molar-refractivity contribution is 0.129. The summed E-state index contributed by atoms with van der Waals surface area (Å²) in [6.07, 6.45) is 5.52. The molecule has 1 aromatic rings. The Hall–Kier alpha value is -0.810. The summed E-state index contributed by atoms with van der Waals surface area (Å²) in [5.74, 6) is 2.40. The van der Waals surface area contributed by atoms with E-state index in [1.165, 1.54) is 18.4 Å². The van der Waals surface area contributed by atoms with E-state index in [1.54, 1.807) is 18.1 Å². The summed E-state index contributed by atoms with van der Waals surface area (Å²) in [7, 11) is 0. The van der Waals surface area contributed by atoms with Gasteiger partial charge in [-0.05, 0) is 25.2 Å². The fraction of sp³-hybridized carbons (Fsp3) is 0.733. The molecule has 0 spiro atoms. The number of aromatic nitrogens is 2. The normalized spacial score (nSPS) is 18.7. The zero-order valence-electron chi connectivity index (χ0n) is 12.7. The first-order valence-electron chi connectivity index (χ1n) is 7.55. The molecule has 112 valence electrons. The van der Waals surface area contributed by atoms with Crippen molar-refractivity contribution in [1.82, 2.24) is 9.97 Å². The fourth-order valence-corrected chi connectivity index (χ4v) is 3.56. The van der Waals surface area contributed by atoms with Crippen LogP contribution in [0.1, 0.15) is 51.5 Å². The van der Waals surface area contributed by atoms with Gasteiger partial charge in [-0.25, -0.2) is 9.97 Å². The first-order valence-corrected chi connectivity index (χ1v) is 8.54. The molecule has 2 rings (SSSR count). The second-order valence-electron chi connectivity index (χ2n) is 5.47. The molecule has 20 heavy (non-hydrogen) atoms. The molecule has 0 saturated carbocycles. The summed E-state index contributed by atoms with van der Waals surface area (Å²) in [4.78, 5) is 8.90. The molecule has 0 bridgehead atoms. The molecule has 1 saturated heterocycles. The van der Waals surface area contributed by atoms with Gasteiger partial charge in [-0.3, -0.25) is 0 Å². The van der Waals surface area contributed by atoms with E-state index in [2.05, 4.69) is 36.1 Å². The molecule has 0 radical (unpaired) electrons. The van der Waals surface area contributed by atoms with Gasteiger partial charge in [-0.15, -0.1) is 11.8 Å². The molecule has 1 atom stereocenters. The third kappa shape index (κ3) is 4.09. The highest BCUT2D eigenvalue weighted by Gasteiger charge is 2.19. The van der Waals surface area contributed by atoms with Crippen molar-refractivity contribution in [2.24, 2.45) is 0 Å². The van der Waals surface area contributed by atoms with Crippen LogP contribution in [0.4, 0.5) is 5.82 Å². The van der Waals surface area contributed by atoms with Crippen LogP contribution in [0.25, 0.3) is 0 Å². The minimum Gasteiger partial charge on any atom is -0.377 e. The second-order valence-corrected chi connectivity index (χ2v) is 6.48. The Bertz CT molecular complexity index is 420. The number of rotatable bonds is 7. The number of anilines is 1. The van der Waals surface area contributed by atoms with Gasteiger partial charge in [0.15, 0.2) is 0 Å². The van der Waals surface area contributed by atoms with Crippen LogP contribution in [-0.2, 0) is 4.74 Å². The molecular formula is C15H25N3OS. The number of nitrogens with one attached hydrogen (secondary N) is 1. The van der Waals surface area contributed by atoms with Gasteiger partial charge < -0.3 is 10.1 Å². The van der Waals surface area contributed by atoms with Gasteiger partial charge in [0.05, 0.1) is 6.10 Å². The summed E-state index contributed by atoms with van der Waals surface area (Å²) in [6, 6.07) is 0. The fourth-order valence-electron chi connectivity index (χ4n) is 2.35.